The van der Waals surface area contributed by atoms with Crippen molar-refractivity contribution in [2.75, 3.05) is 58.9 Å². The lowest BCUT2D eigenvalue weighted by Crippen LogP contribution is -2.44. The number of nitrogens with zero attached hydrogens (tertiary/aromatic N) is 3. The molecule has 28 heavy (non-hydrogen) atoms. The van der Waals surface area contributed by atoms with E-state index in [-0.39, 0.29) is 5.91 Å². The Morgan fingerprint density at radius 1 is 1.07 bits per heavy atom. The van der Waals surface area contributed by atoms with Gasteiger partial charge in [0.15, 0.2) is 11.5 Å². The second-order valence-corrected chi connectivity index (χ2v) is 6.92. The zero-order chi connectivity index (χ0) is 19.9. The van der Waals surface area contributed by atoms with Gasteiger partial charge in [0.05, 0.1) is 31.7 Å². The zero-order valence-corrected chi connectivity index (χ0v) is 16.8. The number of pyridine rings is 1. The lowest BCUT2D eigenvalue weighted by Gasteiger charge is -2.33. The standard InChI is InChI=1S/C21H28N4O3/c1-24-8-10-25(11-9-24)18-13-17(14-22-15-18)21(26)23-7-6-16-4-5-19(27-2)20(12-16)28-3/h4-5,12-15H,6-11H2,1-3H3,(H,23,26). The minimum absolute atomic E-state index is 0.107. The Labute approximate surface area is 166 Å². The quantitative estimate of drug-likeness (QED) is 0.786. The maximum absolute atomic E-state index is 12.5. The van der Waals surface area contributed by atoms with E-state index in [0.29, 0.717) is 30.0 Å². The van der Waals surface area contributed by atoms with Gasteiger partial charge in [-0.1, -0.05) is 6.07 Å². The summed E-state index contributed by atoms with van der Waals surface area (Å²) in [6.07, 6.45) is 4.15. The second-order valence-electron chi connectivity index (χ2n) is 6.92. The van der Waals surface area contributed by atoms with Gasteiger partial charge in [-0.15, -0.1) is 0 Å². The van der Waals surface area contributed by atoms with Gasteiger partial charge in [-0.3, -0.25) is 9.78 Å². The third-order valence-corrected chi connectivity index (χ3v) is 5.00. The molecule has 1 amide bonds. The molecule has 1 aromatic carbocycles. The van der Waals surface area contributed by atoms with Crippen LogP contribution in [-0.2, 0) is 6.42 Å². The van der Waals surface area contributed by atoms with Crippen molar-refractivity contribution in [2.45, 2.75) is 6.42 Å². The van der Waals surface area contributed by atoms with Crippen molar-refractivity contribution >= 4 is 11.6 Å². The Bertz CT molecular complexity index is 804. The fraction of sp³-hybridized carbons (Fsp3) is 0.429. The summed E-state index contributed by atoms with van der Waals surface area (Å²) in [7, 11) is 5.35. The SMILES string of the molecule is COc1ccc(CCNC(=O)c2cncc(N3CCN(C)CC3)c2)cc1OC. The van der Waals surface area contributed by atoms with Gasteiger partial charge in [-0.2, -0.15) is 0 Å². The van der Waals surface area contributed by atoms with E-state index in [4.69, 9.17) is 9.47 Å². The van der Waals surface area contributed by atoms with Crippen molar-refractivity contribution in [3.05, 3.63) is 47.8 Å². The first kappa shape index (κ1) is 19.9. The molecule has 0 unspecified atom stereocenters. The molecule has 0 bridgehead atoms. The van der Waals surface area contributed by atoms with Crippen LogP contribution >= 0.6 is 0 Å². The highest BCUT2D eigenvalue weighted by atomic mass is 16.5. The summed E-state index contributed by atoms with van der Waals surface area (Å²) in [5.74, 6) is 1.28. The molecule has 1 N–H and O–H groups in total. The first-order chi connectivity index (χ1) is 13.6. The first-order valence-electron chi connectivity index (χ1n) is 9.48. The van der Waals surface area contributed by atoms with Crippen LogP contribution in [0.4, 0.5) is 5.69 Å². The number of nitrogens with one attached hydrogen (secondary N) is 1. The Morgan fingerprint density at radius 2 is 1.82 bits per heavy atom. The van der Waals surface area contributed by atoms with E-state index in [1.807, 2.05) is 30.5 Å². The molecule has 0 saturated carbocycles. The van der Waals surface area contributed by atoms with Crippen LogP contribution in [0, 0.1) is 0 Å². The van der Waals surface area contributed by atoms with Gasteiger partial charge in [0.2, 0.25) is 0 Å². The van der Waals surface area contributed by atoms with E-state index in [1.165, 1.54) is 0 Å². The number of piperazine rings is 1. The Balaban J connectivity index is 1.56. The molecule has 0 atom stereocenters. The smallest absolute Gasteiger partial charge is 0.252 e. The van der Waals surface area contributed by atoms with Crippen molar-refractivity contribution in [3.63, 3.8) is 0 Å². The summed E-state index contributed by atoms with van der Waals surface area (Å²) >= 11 is 0. The van der Waals surface area contributed by atoms with Crippen LogP contribution in [0.15, 0.2) is 36.7 Å². The van der Waals surface area contributed by atoms with E-state index in [1.54, 1.807) is 20.4 Å². The molecule has 1 fully saturated rings. The molecular formula is C21H28N4O3. The average molecular weight is 384 g/mol. The van der Waals surface area contributed by atoms with E-state index in [0.717, 1.165) is 37.4 Å². The van der Waals surface area contributed by atoms with Crippen LogP contribution in [0.25, 0.3) is 0 Å². The molecule has 1 aliphatic heterocycles. The van der Waals surface area contributed by atoms with Gasteiger partial charge in [-0.05, 0) is 37.2 Å². The number of carbonyl (C=O) groups excluding carboxylic acids is 1. The molecule has 1 saturated heterocycles. The molecule has 2 aromatic rings. The van der Waals surface area contributed by atoms with Crippen LogP contribution in [0.2, 0.25) is 0 Å². The van der Waals surface area contributed by atoms with Crippen LogP contribution in [0.5, 0.6) is 11.5 Å². The highest BCUT2D eigenvalue weighted by Gasteiger charge is 2.16. The van der Waals surface area contributed by atoms with E-state index >= 15 is 0 Å². The molecule has 7 heteroatoms. The number of hydrogen-bond acceptors (Lipinski definition) is 6. The molecule has 1 aliphatic rings. The van der Waals surface area contributed by atoms with Crippen molar-refractivity contribution < 1.29 is 14.3 Å². The number of aromatic nitrogens is 1. The third kappa shape index (κ3) is 4.92. The molecule has 7 nitrogen and oxygen atoms in total. The van der Waals surface area contributed by atoms with Gasteiger partial charge >= 0.3 is 0 Å². The minimum Gasteiger partial charge on any atom is -0.493 e. The Kier molecular flexibility index (Phi) is 6.71. The van der Waals surface area contributed by atoms with Crippen molar-refractivity contribution in [1.82, 2.24) is 15.2 Å². The predicted molar refractivity (Wildman–Crippen MR) is 110 cm³/mol. The number of ether oxygens (including phenoxy) is 2. The second kappa shape index (κ2) is 9.41. The van der Waals surface area contributed by atoms with E-state index in [2.05, 4.69) is 27.1 Å². The fourth-order valence-electron chi connectivity index (χ4n) is 3.25. The number of rotatable bonds is 7. The van der Waals surface area contributed by atoms with Crippen molar-refractivity contribution in [3.8, 4) is 11.5 Å². The summed E-state index contributed by atoms with van der Waals surface area (Å²) in [4.78, 5) is 21.4. The van der Waals surface area contributed by atoms with E-state index < -0.39 is 0 Å². The Hall–Kier alpha value is -2.80. The fourth-order valence-corrected chi connectivity index (χ4v) is 3.25. The number of benzene rings is 1. The highest BCUT2D eigenvalue weighted by molar-refractivity contribution is 5.94. The molecule has 0 aliphatic carbocycles. The van der Waals surface area contributed by atoms with Gasteiger partial charge in [0.25, 0.3) is 5.91 Å². The summed E-state index contributed by atoms with van der Waals surface area (Å²) in [5.41, 5.74) is 2.66. The average Bonchev–Trinajstić information content (AvgIpc) is 2.74. The number of hydrogen-bond donors (Lipinski definition) is 1. The number of methoxy groups -OCH3 is 2. The normalized spacial score (nSPS) is 14.6. The topological polar surface area (TPSA) is 66.9 Å². The van der Waals surface area contributed by atoms with Crippen LogP contribution in [-0.4, -0.2) is 69.8 Å². The monoisotopic (exact) mass is 384 g/mol. The molecule has 3 rings (SSSR count). The maximum Gasteiger partial charge on any atom is 0.252 e. The number of anilines is 1. The molecule has 2 heterocycles. The highest BCUT2D eigenvalue weighted by Crippen LogP contribution is 2.27. The molecule has 0 radical (unpaired) electrons. The van der Waals surface area contributed by atoms with Gasteiger partial charge in [-0.25, -0.2) is 0 Å². The first-order valence-corrected chi connectivity index (χ1v) is 9.48. The molecule has 0 spiro atoms. The van der Waals surface area contributed by atoms with Crippen LogP contribution in [0.3, 0.4) is 0 Å². The molecular weight excluding hydrogens is 356 g/mol. The third-order valence-electron chi connectivity index (χ3n) is 5.00. The number of likely N-dealkylation sites (N-methyl/N-ethyl adjacent to an activating group) is 1. The molecule has 150 valence electrons. The van der Waals surface area contributed by atoms with Crippen LogP contribution < -0.4 is 19.7 Å². The largest absolute Gasteiger partial charge is 0.493 e. The predicted octanol–water partition coefficient (Wildman–Crippen LogP) is 1.82. The number of carbonyl (C=O) groups is 1. The lowest BCUT2D eigenvalue weighted by atomic mass is 10.1. The molecule has 1 aromatic heterocycles. The minimum atomic E-state index is -0.107. The zero-order valence-electron chi connectivity index (χ0n) is 16.8. The Morgan fingerprint density at radius 3 is 2.54 bits per heavy atom. The summed E-state index contributed by atoms with van der Waals surface area (Å²) in [5, 5.41) is 2.97. The van der Waals surface area contributed by atoms with E-state index in [9.17, 15) is 4.79 Å². The van der Waals surface area contributed by atoms with Crippen molar-refractivity contribution in [1.29, 1.82) is 0 Å². The van der Waals surface area contributed by atoms with Gasteiger partial charge in [0.1, 0.15) is 0 Å². The van der Waals surface area contributed by atoms with Crippen molar-refractivity contribution in [2.24, 2.45) is 0 Å². The van der Waals surface area contributed by atoms with Gasteiger partial charge in [0, 0.05) is 38.9 Å². The van der Waals surface area contributed by atoms with Gasteiger partial charge < -0.3 is 24.6 Å². The summed E-state index contributed by atoms with van der Waals surface area (Å²) in [6.45, 7) is 4.46. The maximum atomic E-state index is 12.5. The van der Waals surface area contributed by atoms with Crippen LogP contribution in [0.1, 0.15) is 15.9 Å². The summed E-state index contributed by atoms with van der Waals surface area (Å²) < 4.78 is 10.6. The lowest BCUT2D eigenvalue weighted by molar-refractivity contribution is 0.0954. The summed E-state index contributed by atoms with van der Waals surface area (Å²) in [6, 6.07) is 7.70. The number of amides is 1.